The molecule has 1 unspecified atom stereocenters. The van der Waals surface area contributed by atoms with Crippen molar-refractivity contribution < 1.29 is 9.47 Å². The minimum absolute atomic E-state index is 0.241. The summed E-state index contributed by atoms with van der Waals surface area (Å²) in [5, 5.41) is 3.33. The molecule has 94 valence electrons. The van der Waals surface area contributed by atoms with Crippen LogP contribution in [0, 0.1) is 0 Å². The summed E-state index contributed by atoms with van der Waals surface area (Å²) in [4.78, 5) is 0. The predicted molar refractivity (Wildman–Crippen MR) is 70.3 cm³/mol. The lowest BCUT2D eigenvalue weighted by molar-refractivity contribution is 0.117. The highest BCUT2D eigenvalue weighted by Gasteiger charge is 1.99. The third kappa shape index (κ3) is 5.52. The Hall–Kier alpha value is -1.32. The van der Waals surface area contributed by atoms with Gasteiger partial charge in [0, 0.05) is 20.2 Å². The van der Waals surface area contributed by atoms with Crippen LogP contribution in [0.3, 0.4) is 0 Å². The van der Waals surface area contributed by atoms with E-state index in [0.29, 0.717) is 6.61 Å². The van der Waals surface area contributed by atoms with Crippen molar-refractivity contribution in [2.24, 2.45) is 0 Å². The topological polar surface area (TPSA) is 30.5 Å². The van der Waals surface area contributed by atoms with Crippen LogP contribution in [0.4, 0.5) is 0 Å². The monoisotopic (exact) mass is 235 g/mol. The molecule has 3 heteroatoms. The van der Waals surface area contributed by atoms with Gasteiger partial charge in [0.2, 0.25) is 0 Å². The van der Waals surface area contributed by atoms with Crippen LogP contribution < -0.4 is 10.1 Å². The standard InChI is InChI=1S/C14H21NO2/c1-4-9-17-14-7-5-13(6-8-14)11-15-10-12(2)16-3/h4-8,12,15H,1,9-11H2,2-3H3. The Morgan fingerprint density at radius 2 is 2.06 bits per heavy atom. The molecule has 3 nitrogen and oxygen atoms in total. The van der Waals surface area contributed by atoms with Crippen molar-refractivity contribution in [3.8, 4) is 5.75 Å². The van der Waals surface area contributed by atoms with E-state index in [1.807, 2.05) is 19.1 Å². The molecule has 1 rings (SSSR count). The molecule has 0 aliphatic carbocycles. The first kappa shape index (κ1) is 13.7. The van der Waals surface area contributed by atoms with Crippen molar-refractivity contribution in [3.63, 3.8) is 0 Å². The number of methoxy groups -OCH3 is 1. The number of benzene rings is 1. The molecule has 0 saturated heterocycles. The molecule has 0 bridgehead atoms. The van der Waals surface area contributed by atoms with Crippen molar-refractivity contribution in [2.45, 2.75) is 19.6 Å². The number of ether oxygens (including phenoxy) is 2. The molecule has 17 heavy (non-hydrogen) atoms. The van der Waals surface area contributed by atoms with Gasteiger partial charge in [0.15, 0.2) is 0 Å². The highest BCUT2D eigenvalue weighted by Crippen LogP contribution is 2.11. The van der Waals surface area contributed by atoms with E-state index in [2.05, 4.69) is 24.0 Å². The molecule has 1 aromatic rings. The van der Waals surface area contributed by atoms with E-state index in [-0.39, 0.29) is 6.10 Å². The van der Waals surface area contributed by atoms with Crippen molar-refractivity contribution in [3.05, 3.63) is 42.5 Å². The van der Waals surface area contributed by atoms with Crippen LogP contribution in [0.1, 0.15) is 12.5 Å². The summed E-state index contributed by atoms with van der Waals surface area (Å²) in [5.74, 6) is 0.874. The van der Waals surface area contributed by atoms with Gasteiger partial charge in [-0.2, -0.15) is 0 Å². The molecular weight excluding hydrogens is 214 g/mol. The normalized spacial score (nSPS) is 12.1. The van der Waals surface area contributed by atoms with Gasteiger partial charge in [0.1, 0.15) is 12.4 Å². The first-order valence-corrected chi connectivity index (χ1v) is 5.82. The Morgan fingerprint density at radius 3 is 2.65 bits per heavy atom. The van der Waals surface area contributed by atoms with Crippen LogP contribution in [0.15, 0.2) is 36.9 Å². The van der Waals surface area contributed by atoms with Crippen LogP contribution >= 0.6 is 0 Å². The second kappa shape index (κ2) is 7.87. The maximum absolute atomic E-state index is 5.41. The molecule has 0 aliphatic rings. The molecule has 0 saturated carbocycles. The Labute approximate surface area is 103 Å². The van der Waals surface area contributed by atoms with E-state index in [0.717, 1.165) is 18.8 Å². The largest absolute Gasteiger partial charge is 0.490 e. The van der Waals surface area contributed by atoms with Gasteiger partial charge in [-0.05, 0) is 24.6 Å². The molecule has 0 heterocycles. The Balaban J connectivity index is 2.32. The van der Waals surface area contributed by atoms with Crippen LogP contribution in [0.2, 0.25) is 0 Å². The molecule has 1 aromatic carbocycles. The maximum Gasteiger partial charge on any atom is 0.119 e. The predicted octanol–water partition coefficient (Wildman–Crippen LogP) is 2.38. The maximum atomic E-state index is 5.41. The van der Waals surface area contributed by atoms with Gasteiger partial charge in [-0.25, -0.2) is 0 Å². The summed E-state index contributed by atoms with van der Waals surface area (Å²) in [6, 6.07) is 8.06. The van der Waals surface area contributed by atoms with Gasteiger partial charge < -0.3 is 14.8 Å². The number of hydrogen-bond donors (Lipinski definition) is 1. The van der Waals surface area contributed by atoms with Crippen molar-refractivity contribution in [1.82, 2.24) is 5.32 Å². The fraction of sp³-hybridized carbons (Fsp3) is 0.429. The summed E-state index contributed by atoms with van der Waals surface area (Å²) < 4.78 is 10.6. The third-order valence-electron chi connectivity index (χ3n) is 2.45. The van der Waals surface area contributed by atoms with Crippen molar-refractivity contribution in [1.29, 1.82) is 0 Å². The zero-order chi connectivity index (χ0) is 12.5. The molecule has 0 spiro atoms. The molecule has 0 fully saturated rings. The fourth-order valence-corrected chi connectivity index (χ4v) is 1.36. The molecular formula is C14H21NO2. The zero-order valence-electron chi connectivity index (χ0n) is 10.6. The van der Waals surface area contributed by atoms with Gasteiger partial charge in [-0.15, -0.1) is 0 Å². The average molecular weight is 235 g/mol. The van der Waals surface area contributed by atoms with Crippen LogP contribution in [0.25, 0.3) is 0 Å². The zero-order valence-corrected chi connectivity index (χ0v) is 10.6. The Bertz CT molecular complexity index is 321. The van der Waals surface area contributed by atoms with Crippen LogP contribution in [0.5, 0.6) is 5.75 Å². The Kier molecular flexibility index (Phi) is 6.37. The summed E-state index contributed by atoms with van der Waals surface area (Å²) in [5.41, 5.74) is 1.24. The lowest BCUT2D eigenvalue weighted by atomic mass is 10.2. The average Bonchev–Trinajstić information content (AvgIpc) is 2.37. The molecule has 0 amide bonds. The number of nitrogens with one attached hydrogen (secondary N) is 1. The smallest absolute Gasteiger partial charge is 0.119 e. The SMILES string of the molecule is C=CCOc1ccc(CNCC(C)OC)cc1. The van der Waals surface area contributed by atoms with Crippen molar-refractivity contribution >= 4 is 0 Å². The van der Waals surface area contributed by atoms with E-state index in [1.54, 1.807) is 13.2 Å². The van der Waals surface area contributed by atoms with Gasteiger partial charge in [-0.3, -0.25) is 0 Å². The van der Waals surface area contributed by atoms with Crippen molar-refractivity contribution in [2.75, 3.05) is 20.3 Å². The van der Waals surface area contributed by atoms with Gasteiger partial charge in [-0.1, -0.05) is 24.8 Å². The molecule has 0 radical (unpaired) electrons. The molecule has 0 aliphatic heterocycles. The lowest BCUT2D eigenvalue weighted by Gasteiger charge is -2.11. The highest BCUT2D eigenvalue weighted by molar-refractivity contribution is 5.27. The summed E-state index contributed by atoms with van der Waals surface area (Å²) in [7, 11) is 1.72. The Morgan fingerprint density at radius 1 is 1.35 bits per heavy atom. The molecule has 1 atom stereocenters. The van der Waals surface area contributed by atoms with E-state index in [1.165, 1.54) is 5.56 Å². The minimum Gasteiger partial charge on any atom is -0.490 e. The van der Waals surface area contributed by atoms with Crippen LogP contribution in [-0.2, 0) is 11.3 Å². The minimum atomic E-state index is 0.241. The van der Waals surface area contributed by atoms with Gasteiger partial charge >= 0.3 is 0 Å². The van der Waals surface area contributed by atoms with E-state index in [9.17, 15) is 0 Å². The summed E-state index contributed by atoms with van der Waals surface area (Å²) in [6.07, 6.45) is 1.98. The summed E-state index contributed by atoms with van der Waals surface area (Å²) >= 11 is 0. The van der Waals surface area contributed by atoms with E-state index < -0.39 is 0 Å². The summed E-state index contributed by atoms with van der Waals surface area (Å²) in [6.45, 7) is 7.89. The highest BCUT2D eigenvalue weighted by atomic mass is 16.5. The van der Waals surface area contributed by atoms with Gasteiger partial charge in [0.05, 0.1) is 6.10 Å². The quantitative estimate of drug-likeness (QED) is 0.702. The second-order valence-electron chi connectivity index (χ2n) is 3.92. The third-order valence-corrected chi connectivity index (χ3v) is 2.45. The van der Waals surface area contributed by atoms with Crippen LogP contribution in [-0.4, -0.2) is 26.4 Å². The lowest BCUT2D eigenvalue weighted by Crippen LogP contribution is -2.25. The molecule has 1 N–H and O–H groups in total. The van der Waals surface area contributed by atoms with E-state index >= 15 is 0 Å². The number of hydrogen-bond acceptors (Lipinski definition) is 3. The second-order valence-corrected chi connectivity index (χ2v) is 3.92. The first-order chi connectivity index (χ1) is 8.26. The number of rotatable bonds is 8. The van der Waals surface area contributed by atoms with Gasteiger partial charge in [0.25, 0.3) is 0 Å². The van der Waals surface area contributed by atoms with E-state index in [4.69, 9.17) is 9.47 Å². The first-order valence-electron chi connectivity index (χ1n) is 5.82. The fourth-order valence-electron chi connectivity index (χ4n) is 1.36. The molecule has 0 aromatic heterocycles.